The largest absolute Gasteiger partial charge is 0.478 e. The van der Waals surface area contributed by atoms with Crippen molar-refractivity contribution >= 4 is 5.97 Å². The van der Waals surface area contributed by atoms with Crippen LogP contribution in [-0.4, -0.2) is 39.3 Å². The number of aromatic carboxylic acids is 1. The van der Waals surface area contributed by atoms with Crippen molar-refractivity contribution < 1.29 is 9.90 Å². The van der Waals surface area contributed by atoms with Crippen LogP contribution in [0.2, 0.25) is 0 Å². The fourth-order valence-corrected chi connectivity index (χ4v) is 2.20. The summed E-state index contributed by atoms with van der Waals surface area (Å²) in [5, 5.41) is 13.1. The van der Waals surface area contributed by atoms with Crippen molar-refractivity contribution in [3.63, 3.8) is 0 Å². The molecule has 94 valence electrons. The molecule has 5 heteroatoms. The minimum absolute atomic E-state index is 0.309. The lowest BCUT2D eigenvalue weighted by molar-refractivity contribution is 0.0694. The lowest BCUT2D eigenvalue weighted by atomic mass is 10.2. The summed E-state index contributed by atoms with van der Waals surface area (Å²) < 4.78 is 1.65. The zero-order valence-corrected chi connectivity index (χ0v) is 10.6. The van der Waals surface area contributed by atoms with E-state index in [1.807, 2.05) is 7.05 Å². The summed E-state index contributed by atoms with van der Waals surface area (Å²) in [6, 6.07) is 0. The Kier molecular flexibility index (Phi) is 3.19. The summed E-state index contributed by atoms with van der Waals surface area (Å²) in [6.07, 6.45) is 2.72. The average molecular weight is 237 g/mol. The molecule has 17 heavy (non-hydrogen) atoms. The van der Waals surface area contributed by atoms with E-state index in [-0.39, 0.29) is 0 Å². The number of aromatic nitrogens is 2. The lowest BCUT2D eigenvalue weighted by Crippen LogP contribution is -2.23. The minimum atomic E-state index is -0.902. The average Bonchev–Trinajstić information content (AvgIpc) is 2.78. The minimum Gasteiger partial charge on any atom is -0.478 e. The van der Waals surface area contributed by atoms with Gasteiger partial charge in [-0.05, 0) is 25.3 Å². The number of carboxylic acid groups (broad SMARTS) is 1. The predicted octanol–water partition coefficient (Wildman–Crippen LogP) is 1.21. The number of hydrogen-bond acceptors (Lipinski definition) is 3. The maximum atomic E-state index is 11.0. The van der Waals surface area contributed by atoms with Crippen LogP contribution in [0.4, 0.5) is 0 Å². The molecule has 1 aromatic rings. The summed E-state index contributed by atoms with van der Waals surface area (Å²) in [5.41, 5.74) is 1.08. The second-order valence-corrected chi connectivity index (χ2v) is 5.10. The van der Waals surface area contributed by atoms with Gasteiger partial charge in [-0.2, -0.15) is 5.10 Å². The molecule has 1 N–H and O–H groups in total. The Balaban J connectivity index is 2.01. The molecule has 0 bridgehead atoms. The highest BCUT2D eigenvalue weighted by molar-refractivity contribution is 5.88. The molecule has 2 rings (SSSR count). The molecular formula is C12H19N3O2. The van der Waals surface area contributed by atoms with Gasteiger partial charge in [0.25, 0.3) is 0 Å². The van der Waals surface area contributed by atoms with Crippen LogP contribution >= 0.6 is 0 Å². The van der Waals surface area contributed by atoms with Gasteiger partial charge in [0.15, 0.2) is 0 Å². The van der Waals surface area contributed by atoms with Gasteiger partial charge in [0.1, 0.15) is 5.56 Å². The Bertz CT molecular complexity index is 427. The molecule has 1 aromatic heterocycles. The molecule has 0 saturated heterocycles. The van der Waals surface area contributed by atoms with Crippen LogP contribution in [0.3, 0.4) is 0 Å². The number of rotatable bonds is 5. The van der Waals surface area contributed by atoms with Crippen molar-refractivity contribution in [1.29, 1.82) is 0 Å². The van der Waals surface area contributed by atoms with Crippen LogP contribution in [0, 0.1) is 11.8 Å². The molecule has 1 saturated carbocycles. The molecular weight excluding hydrogens is 218 g/mol. The summed E-state index contributed by atoms with van der Waals surface area (Å²) >= 11 is 0. The first-order valence-electron chi connectivity index (χ1n) is 5.91. The smallest absolute Gasteiger partial charge is 0.339 e. The molecule has 0 amide bonds. The summed E-state index contributed by atoms with van der Waals surface area (Å²) in [5.74, 6) is 0.700. The van der Waals surface area contributed by atoms with Crippen molar-refractivity contribution in [3.05, 3.63) is 17.5 Å². The number of carboxylic acids is 1. The third kappa shape index (κ3) is 2.66. The SMILES string of the molecule is CC1CC1CN(C)Cc1c(C(=O)O)cnn1C. The summed E-state index contributed by atoms with van der Waals surface area (Å²) in [4.78, 5) is 13.2. The molecule has 0 aromatic carbocycles. The van der Waals surface area contributed by atoms with E-state index in [4.69, 9.17) is 5.11 Å². The second-order valence-electron chi connectivity index (χ2n) is 5.10. The Morgan fingerprint density at radius 2 is 2.35 bits per heavy atom. The zero-order valence-electron chi connectivity index (χ0n) is 10.6. The number of carbonyl (C=O) groups is 1. The van der Waals surface area contributed by atoms with E-state index in [9.17, 15) is 4.79 Å². The third-order valence-electron chi connectivity index (χ3n) is 3.53. The van der Waals surface area contributed by atoms with E-state index in [1.54, 1.807) is 11.7 Å². The van der Waals surface area contributed by atoms with Gasteiger partial charge in [-0.25, -0.2) is 4.79 Å². The highest BCUT2D eigenvalue weighted by Crippen LogP contribution is 2.38. The van der Waals surface area contributed by atoms with Crippen LogP contribution in [0.1, 0.15) is 29.4 Å². The first kappa shape index (κ1) is 12.1. The standard InChI is InChI=1S/C12H19N3O2/c1-8-4-9(8)6-14(2)7-11-10(12(16)17)5-13-15(11)3/h5,8-9H,4,6-7H2,1-3H3,(H,16,17). The Morgan fingerprint density at radius 1 is 1.71 bits per heavy atom. The first-order chi connectivity index (χ1) is 7.99. The van der Waals surface area contributed by atoms with Crippen molar-refractivity contribution in [2.75, 3.05) is 13.6 Å². The highest BCUT2D eigenvalue weighted by atomic mass is 16.4. The molecule has 1 fully saturated rings. The van der Waals surface area contributed by atoms with Gasteiger partial charge >= 0.3 is 5.97 Å². The molecule has 2 atom stereocenters. The summed E-state index contributed by atoms with van der Waals surface area (Å²) in [6.45, 7) is 3.93. The normalized spacial score (nSPS) is 23.1. The van der Waals surface area contributed by atoms with Crippen LogP contribution in [0.15, 0.2) is 6.20 Å². The fraction of sp³-hybridized carbons (Fsp3) is 0.667. The highest BCUT2D eigenvalue weighted by Gasteiger charge is 2.33. The molecule has 1 heterocycles. The fourth-order valence-electron chi connectivity index (χ4n) is 2.20. The van der Waals surface area contributed by atoms with Gasteiger partial charge < -0.3 is 10.0 Å². The molecule has 0 spiro atoms. The third-order valence-corrected chi connectivity index (χ3v) is 3.53. The molecule has 1 aliphatic rings. The van der Waals surface area contributed by atoms with Crippen molar-refractivity contribution in [1.82, 2.24) is 14.7 Å². The Labute approximate surface area is 101 Å². The van der Waals surface area contributed by atoms with Crippen LogP contribution in [0.5, 0.6) is 0 Å². The van der Waals surface area contributed by atoms with Gasteiger partial charge in [0.05, 0.1) is 11.9 Å². The van der Waals surface area contributed by atoms with Crippen LogP contribution in [-0.2, 0) is 13.6 Å². The summed E-state index contributed by atoms with van der Waals surface area (Å²) in [7, 11) is 3.82. The quantitative estimate of drug-likeness (QED) is 0.836. The Morgan fingerprint density at radius 3 is 2.88 bits per heavy atom. The Hall–Kier alpha value is -1.36. The van der Waals surface area contributed by atoms with E-state index in [0.717, 1.165) is 24.1 Å². The number of aryl methyl sites for hydroxylation is 1. The van der Waals surface area contributed by atoms with E-state index in [1.165, 1.54) is 12.6 Å². The maximum absolute atomic E-state index is 11.0. The van der Waals surface area contributed by atoms with Crippen molar-refractivity contribution in [2.24, 2.45) is 18.9 Å². The van der Waals surface area contributed by atoms with Crippen molar-refractivity contribution in [3.8, 4) is 0 Å². The zero-order chi connectivity index (χ0) is 12.6. The second kappa shape index (κ2) is 4.49. The topological polar surface area (TPSA) is 58.4 Å². The lowest BCUT2D eigenvalue weighted by Gasteiger charge is -2.17. The van der Waals surface area contributed by atoms with E-state index in [0.29, 0.717) is 12.1 Å². The number of nitrogens with zero attached hydrogens (tertiary/aromatic N) is 3. The maximum Gasteiger partial charge on any atom is 0.339 e. The van der Waals surface area contributed by atoms with Gasteiger partial charge in [-0.3, -0.25) is 4.68 Å². The van der Waals surface area contributed by atoms with E-state index >= 15 is 0 Å². The van der Waals surface area contributed by atoms with E-state index in [2.05, 4.69) is 16.9 Å². The molecule has 0 radical (unpaired) electrons. The van der Waals surface area contributed by atoms with Crippen LogP contribution < -0.4 is 0 Å². The molecule has 0 aliphatic heterocycles. The molecule has 1 aliphatic carbocycles. The molecule has 2 unspecified atom stereocenters. The van der Waals surface area contributed by atoms with Crippen LogP contribution in [0.25, 0.3) is 0 Å². The van der Waals surface area contributed by atoms with Gasteiger partial charge in [-0.15, -0.1) is 0 Å². The van der Waals surface area contributed by atoms with Gasteiger partial charge in [0, 0.05) is 20.1 Å². The monoisotopic (exact) mass is 237 g/mol. The molecule has 5 nitrogen and oxygen atoms in total. The van der Waals surface area contributed by atoms with Crippen molar-refractivity contribution in [2.45, 2.75) is 19.9 Å². The number of hydrogen-bond donors (Lipinski definition) is 1. The van der Waals surface area contributed by atoms with E-state index < -0.39 is 5.97 Å². The van der Waals surface area contributed by atoms with Gasteiger partial charge in [0.2, 0.25) is 0 Å². The van der Waals surface area contributed by atoms with Gasteiger partial charge in [-0.1, -0.05) is 6.92 Å². The first-order valence-corrected chi connectivity index (χ1v) is 5.91. The predicted molar refractivity (Wildman–Crippen MR) is 63.8 cm³/mol.